The van der Waals surface area contributed by atoms with Crippen molar-refractivity contribution in [2.75, 3.05) is 13.6 Å². The smallest absolute Gasteiger partial charge is 0.0839 e. The van der Waals surface area contributed by atoms with E-state index in [-0.39, 0.29) is 5.92 Å². The molecule has 0 bridgehead atoms. The maximum atomic E-state index is 9.29. The molecule has 0 spiro atoms. The van der Waals surface area contributed by atoms with Crippen molar-refractivity contribution in [2.45, 2.75) is 31.7 Å². The molecule has 17 heavy (non-hydrogen) atoms. The van der Waals surface area contributed by atoms with E-state index in [0.717, 1.165) is 18.0 Å². The van der Waals surface area contributed by atoms with Gasteiger partial charge in [0.2, 0.25) is 0 Å². The van der Waals surface area contributed by atoms with Gasteiger partial charge in [-0.25, -0.2) is 0 Å². The van der Waals surface area contributed by atoms with Crippen LogP contribution in [0.1, 0.15) is 31.2 Å². The Morgan fingerprint density at radius 3 is 2.53 bits per heavy atom. The Kier molecular flexibility index (Phi) is 3.81. The third-order valence-corrected chi connectivity index (χ3v) is 3.83. The fraction of sp³-hybridized carbons (Fsp3) is 0.533. The standard InChI is InChI=1S/C15H20N2/c1-12(13-8-9-13)17(2)11-15(10-16)14-6-4-3-5-7-14/h3-7,12-13,15H,8-9,11H2,1-2H3. The Balaban J connectivity index is 1.98. The quantitative estimate of drug-likeness (QED) is 0.774. The number of benzene rings is 1. The molecule has 90 valence electrons. The second-order valence-corrected chi connectivity index (χ2v) is 5.11. The molecule has 1 aliphatic rings. The molecular formula is C15H20N2. The Morgan fingerprint density at radius 1 is 1.35 bits per heavy atom. The summed E-state index contributed by atoms with van der Waals surface area (Å²) in [6.07, 6.45) is 2.71. The van der Waals surface area contributed by atoms with Crippen LogP contribution in [0.25, 0.3) is 0 Å². The number of rotatable bonds is 5. The van der Waals surface area contributed by atoms with E-state index in [1.165, 1.54) is 12.8 Å². The zero-order valence-corrected chi connectivity index (χ0v) is 10.6. The molecule has 1 aromatic rings. The summed E-state index contributed by atoms with van der Waals surface area (Å²) in [6, 6.07) is 13.1. The van der Waals surface area contributed by atoms with E-state index < -0.39 is 0 Å². The van der Waals surface area contributed by atoms with Crippen LogP contribution < -0.4 is 0 Å². The van der Waals surface area contributed by atoms with Gasteiger partial charge in [-0.2, -0.15) is 5.26 Å². The van der Waals surface area contributed by atoms with Gasteiger partial charge in [-0.3, -0.25) is 0 Å². The second kappa shape index (κ2) is 5.33. The molecule has 2 atom stereocenters. The lowest BCUT2D eigenvalue weighted by atomic mass is 9.99. The van der Waals surface area contributed by atoms with Crippen molar-refractivity contribution in [1.82, 2.24) is 4.90 Å². The molecule has 1 fully saturated rings. The molecule has 2 unspecified atom stereocenters. The molecule has 1 saturated carbocycles. The normalized spacial score (nSPS) is 18.7. The first kappa shape index (κ1) is 12.1. The Bertz CT molecular complexity index is 389. The van der Waals surface area contributed by atoms with Gasteiger partial charge >= 0.3 is 0 Å². The Hall–Kier alpha value is -1.33. The fourth-order valence-electron chi connectivity index (χ4n) is 2.30. The van der Waals surface area contributed by atoms with Crippen molar-refractivity contribution >= 4 is 0 Å². The molecule has 0 heterocycles. The summed E-state index contributed by atoms with van der Waals surface area (Å²) in [4.78, 5) is 2.33. The number of hydrogen-bond donors (Lipinski definition) is 0. The van der Waals surface area contributed by atoms with Gasteiger partial charge in [-0.15, -0.1) is 0 Å². The first-order valence-corrected chi connectivity index (χ1v) is 6.37. The molecule has 0 amide bonds. The zero-order valence-electron chi connectivity index (χ0n) is 10.6. The summed E-state index contributed by atoms with van der Waals surface area (Å²) in [5.41, 5.74) is 1.13. The first-order valence-electron chi connectivity index (χ1n) is 6.37. The van der Waals surface area contributed by atoms with Gasteiger partial charge in [-0.1, -0.05) is 30.3 Å². The average molecular weight is 228 g/mol. The van der Waals surface area contributed by atoms with E-state index in [4.69, 9.17) is 0 Å². The molecule has 0 aliphatic heterocycles. The van der Waals surface area contributed by atoms with Crippen molar-refractivity contribution in [2.24, 2.45) is 5.92 Å². The van der Waals surface area contributed by atoms with Crippen LogP contribution >= 0.6 is 0 Å². The molecular weight excluding hydrogens is 208 g/mol. The average Bonchev–Trinajstić information content (AvgIpc) is 3.20. The minimum Gasteiger partial charge on any atom is -0.302 e. The van der Waals surface area contributed by atoms with Crippen LogP contribution in [0.2, 0.25) is 0 Å². The molecule has 0 N–H and O–H groups in total. The SMILES string of the molecule is CC(C1CC1)N(C)CC(C#N)c1ccccc1. The maximum Gasteiger partial charge on any atom is 0.0839 e. The van der Waals surface area contributed by atoms with Gasteiger partial charge in [0.05, 0.1) is 12.0 Å². The highest BCUT2D eigenvalue weighted by molar-refractivity contribution is 5.25. The summed E-state index contributed by atoms with van der Waals surface area (Å²) < 4.78 is 0. The monoisotopic (exact) mass is 228 g/mol. The van der Waals surface area contributed by atoms with E-state index in [1.54, 1.807) is 0 Å². The molecule has 2 heteroatoms. The molecule has 1 aliphatic carbocycles. The Morgan fingerprint density at radius 2 is 2.00 bits per heavy atom. The highest BCUT2D eigenvalue weighted by Gasteiger charge is 2.31. The van der Waals surface area contributed by atoms with E-state index >= 15 is 0 Å². The third-order valence-electron chi connectivity index (χ3n) is 3.83. The van der Waals surface area contributed by atoms with Crippen molar-refractivity contribution < 1.29 is 0 Å². The first-order chi connectivity index (χ1) is 8.22. The van der Waals surface area contributed by atoms with Crippen LogP contribution in [0.3, 0.4) is 0 Å². The molecule has 1 aromatic carbocycles. The van der Waals surface area contributed by atoms with Crippen LogP contribution in [0, 0.1) is 17.2 Å². The van der Waals surface area contributed by atoms with E-state index in [9.17, 15) is 5.26 Å². The van der Waals surface area contributed by atoms with Crippen LogP contribution in [0.5, 0.6) is 0 Å². The minimum atomic E-state index is -0.0117. The van der Waals surface area contributed by atoms with Gasteiger partial charge in [0.15, 0.2) is 0 Å². The van der Waals surface area contributed by atoms with Crippen molar-refractivity contribution in [3.05, 3.63) is 35.9 Å². The lowest BCUT2D eigenvalue weighted by Crippen LogP contribution is -2.34. The van der Waals surface area contributed by atoms with Crippen LogP contribution in [-0.2, 0) is 0 Å². The Labute approximate surface area is 104 Å². The maximum absolute atomic E-state index is 9.29. The van der Waals surface area contributed by atoms with E-state index in [1.807, 2.05) is 30.3 Å². The largest absolute Gasteiger partial charge is 0.302 e. The fourth-order valence-corrected chi connectivity index (χ4v) is 2.30. The summed E-state index contributed by atoms with van der Waals surface area (Å²) in [6.45, 7) is 3.11. The third kappa shape index (κ3) is 3.08. The lowest BCUT2D eigenvalue weighted by Gasteiger charge is -2.26. The molecule has 0 aromatic heterocycles. The summed E-state index contributed by atoms with van der Waals surface area (Å²) in [5, 5.41) is 9.29. The van der Waals surface area contributed by atoms with Gasteiger partial charge in [0.25, 0.3) is 0 Å². The van der Waals surface area contributed by atoms with E-state index in [0.29, 0.717) is 6.04 Å². The summed E-state index contributed by atoms with van der Waals surface area (Å²) in [5.74, 6) is 0.845. The predicted molar refractivity (Wildman–Crippen MR) is 69.6 cm³/mol. The summed E-state index contributed by atoms with van der Waals surface area (Å²) in [7, 11) is 2.14. The number of nitriles is 1. The van der Waals surface area contributed by atoms with Crippen LogP contribution in [0.4, 0.5) is 0 Å². The van der Waals surface area contributed by atoms with E-state index in [2.05, 4.69) is 24.9 Å². The molecule has 2 nitrogen and oxygen atoms in total. The molecule has 0 radical (unpaired) electrons. The molecule has 2 rings (SSSR count). The number of nitrogens with zero attached hydrogens (tertiary/aromatic N) is 2. The van der Waals surface area contributed by atoms with Gasteiger partial charge in [0, 0.05) is 12.6 Å². The summed E-state index contributed by atoms with van der Waals surface area (Å²) >= 11 is 0. The van der Waals surface area contributed by atoms with Gasteiger partial charge < -0.3 is 4.90 Å². The van der Waals surface area contributed by atoms with Crippen molar-refractivity contribution in [3.63, 3.8) is 0 Å². The van der Waals surface area contributed by atoms with Crippen LogP contribution in [-0.4, -0.2) is 24.5 Å². The minimum absolute atomic E-state index is 0.0117. The highest BCUT2D eigenvalue weighted by atomic mass is 15.1. The second-order valence-electron chi connectivity index (χ2n) is 5.11. The van der Waals surface area contributed by atoms with Gasteiger partial charge in [0.1, 0.15) is 0 Å². The zero-order chi connectivity index (χ0) is 12.3. The van der Waals surface area contributed by atoms with Gasteiger partial charge in [-0.05, 0) is 38.3 Å². The topological polar surface area (TPSA) is 27.0 Å². The predicted octanol–water partition coefficient (Wildman–Crippen LogP) is 3.02. The highest BCUT2D eigenvalue weighted by Crippen LogP contribution is 2.35. The van der Waals surface area contributed by atoms with Crippen LogP contribution in [0.15, 0.2) is 30.3 Å². The number of likely N-dealkylation sites (N-methyl/N-ethyl adjacent to an activating group) is 1. The molecule has 0 saturated heterocycles. The van der Waals surface area contributed by atoms with Crippen molar-refractivity contribution in [1.29, 1.82) is 5.26 Å². The lowest BCUT2D eigenvalue weighted by molar-refractivity contribution is 0.230. The number of hydrogen-bond acceptors (Lipinski definition) is 2. The van der Waals surface area contributed by atoms with Crippen molar-refractivity contribution in [3.8, 4) is 6.07 Å².